The van der Waals surface area contributed by atoms with Crippen molar-refractivity contribution in [3.63, 3.8) is 0 Å². The zero-order valence-electron chi connectivity index (χ0n) is 27.5. The number of nitrogens with one attached hydrogen (secondary N) is 4. The van der Waals surface area contributed by atoms with E-state index in [4.69, 9.17) is 37.9 Å². The number of hydrogen-bond acceptors (Lipinski definition) is 7. The van der Waals surface area contributed by atoms with E-state index in [1.165, 1.54) is 11.1 Å². The van der Waals surface area contributed by atoms with Crippen LogP contribution in [0, 0.1) is 0 Å². The first kappa shape index (κ1) is 33.5. The molecule has 4 N–H and O–H groups in total. The van der Waals surface area contributed by atoms with E-state index in [9.17, 15) is 9.59 Å². The quantitative estimate of drug-likeness (QED) is 0.143. The van der Waals surface area contributed by atoms with Crippen LogP contribution >= 0.6 is 23.2 Å². The molecule has 3 atom stereocenters. The number of benzene rings is 2. The number of pyridine rings is 2. The van der Waals surface area contributed by atoms with Gasteiger partial charge < -0.3 is 26.0 Å². The summed E-state index contributed by atoms with van der Waals surface area (Å²) in [4.78, 5) is 32.7. The van der Waals surface area contributed by atoms with Gasteiger partial charge in [-0.05, 0) is 61.4 Å². The Morgan fingerprint density at radius 2 is 1.61 bits per heavy atom. The van der Waals surface area contributed by atoms with Crippen molar-refractivity contribution in [3.8, 4) is 39.5 Å². The number of methoxy groups -OCH3 is 1. The monoisotopic (exact) mass is 698 g/mol. The molecule has 11 heteroatoms. The van der Waals surface area contributed by atoms with Crippen LogP contribution in [0.5, 0.6) is 5.88 Å². The number of ether oxygens (including phenoxy) is 1. The molecule has 2 amide bonds. The molecule has 7 rings (SSSR count). The maximum absolute atomic E-state index is 11.6. The number of aromatic nitrogens is 2. The molecule has 0 unspecified atom stereocenters. The van der Waals surface area contributed by atoms with Crippen molar-refractivity contribution in [2.45, 2.75) is 69.6 Å². The molecule has 0 saturated carbocycles. The van der Waals surface area contributed by atoms with Gasteiger partial charge in [-0.1, -0.05) is 59.6 Å². The van der Waals surface area contributed by atoms with Crippen LogP contribution in [0.2, 0.25) is 10.0 Å². The van der Waals surface area contributed by atoms with Crippen molar-refractivity contribution < 1.29 is 14.3 Å². The minimum Gasteiger partial charge on any atom is -0.481 e. The molecule has 0 radical (unpaired) electrons. The zero-order valence-corrected chi connectivity index (χ0v) is 29.0. The lowest BCUT2D eigenvalue weighted by Gasteiger charge is -2.28. The Labute approximate surface area is 296 Å². The third-order valence-corrected chi connectivity index (χ3v) is 10.6. The largest absolute Gasteiger partial charge is 0.481 e. The van der Waals surface area contributed by atoms with Crippen LogP contribution in [0.15, 0.2) is 60.8 Å². The fraction of sp³-hybridized carbons (Fsp3) is 0.368. The van der Waals surface area contributed by atoms with Gasteiger partial charge in [-0.2, -0.15) is 0 Å². The topological polar surface area (TPSA) is 117 Å². The highest BCUT2D eigenvalue weighted by Gasteiger charge is 2.26. The first-order valence-corrected chi connectivity index (χ1v) is 17.8. The number of carbonyl (C=O) groups is 2. The minimum atomic E-state index is 0.105. The fourth-order valence-electron chi connectivity index (χ4n) is 7.22. The summed E-state index contributed by atoms with van der Waals surface area (Å²) in [7, 11) is 1.61. The van der Waals surface area contributed by atoms with Crippen LogP contribution in [0.3, 0.4) is 0 Å². The van der Waals surface area contributed by atoms with Crippen LogP contribution in [-0.4, -0.2) is 54.1 Å². The highest BCUT2D eigenvalue weighted by molar-refractivity contribution is 6.39. The van der Waals surface area contributed by atoms with Crippen molar-refractivity contribution in [2.75, 3.05) is 20.2 Å². The predicted octanol–water partition coefficient (Wildman–Crippen LogP) is 6.41. The number of hydrogen-bond donors (Lipinski definition) is 4. The molecule has 254 valence electrons. The summed E-state index contributed by atoms with van der Waals surface area (Å²) in [5.41, 5.74) is 8.23. The Kier molecular flexibility index (Phi) is 10.1. The third kappa shape index (κ3) is 7.31. The van der Waals surface area contributed by atoms with Crippen LogP contribution in [0.1, 0.15) is 61.3 Å². The van der Waals surface area contributed by atoms with Gasteiger partial charge in [-0.15, -0.1) is 0 Å². The van der Waals surface area contributed by atoms with E-state index in [2.05, 4.69) is 39.5 Å². The molecule has 2 saturated heterocycles. The molecule has 3 aliphatic rings. The SMILES string of the molecule is COc1nc(-c2cccc(-c3ccnc(-c4ccc5c(c4)CCC[C@@H]5NC[C@@H]4CCC(=O)N4)c3Cl)c2Cl)ccc1CNC[C@@H]1CCC(=O)N1. The van der Waals surface area contributed by atoms with Gasteiger partial charge in [-0.25, -0.2) is 4.98 Å². The summed E-state index contributed by atoms with van der Waals surface area (Å²) in [5.74, 6) is 0.762. The normalized spacial score (nSPS) is 20.2. The first-order chi connectivity index (χ1) is 23.9. The summed E-state index contributed by atoms with van der Waals surface area (Å²) in [6.07, 6.45) is 7.85. The minimum absolute atomic E-state index is 0.105. The molecule has 49 heavy (non-hydrogen) atoms. The van der Waals surface area contributed by atoms with Crippen LogP contribution < -0.4 is 26.0 Å². The molecular formula is C38H40Cl2N6O3. The number of halogens is 2. The van der Waals surface area contributed by atoms with Gasteiger partial charge in [0.05, 0.1) is 28.5 Å². The number of rotatable bonds is 11. The molecule has 2 aliphatic heterocycles. The number of aryl methyl sites for hydroxylation is 1. The lowest BCUT2D eigenvalue weighted by atomic mass is 9.86. The molecule has 2 fully saturated rings. The summed E-state index contributed by atoms with van der Waals surface area (Å²) < 4.78 is 5.66. The lowest BCUT2D eigenvalue weighted by molar-refractivity contribution is -0.120. The van der Waals surface area contributed by atoms with Crippen LogP contribution in [-0.2, 0) is 22.6 Å². The lowest BCUT2D eigenvalue weighted by Crippen LogP contribution is -2.38. The van der Waals surface area contributed by atoms with E-state index in [1.54, 1.807) is 13.3 Å². The second-order valence-electron chi connectivity index (χ2n) is 13.1. The molecular weight excluding hydrogens is 659 g/mol. The van der Waals surface area contributed by atoms with Crippen molar-refractivity contribution >= 4 is 35.0 Å². The number of amides is 2. The standard InChI is InChI=1S/C38H40Cl2N6O3/c1-49-38-24(19-41-20-25-10-14-33(47)44-25)9-13-32(46-38)30-6-3-5-28(35(30)39)29-16-17-42-37(36(29)40)23-8-12-27-22(18-23)4-2-7-31(27)43-21-26-11-15-34(48)45-26/h3,5-6,8-9,12-13,16-18,25-26,31,41,43H,2,4,7,10-11,14-15,19-21H2,1H3,(H,44,47)(H,45,48)/t25-,26-,31-/m0/s1. The number of nitrogens with zero attached hydrogens (tertiary/aromatic N) is 2. The second-order valence-corrected chi connectivity index (χ2v) is 13.8. The van der Waals surface area contributed by atoms with Gasteiger partial charge in [-0.3, -0.25) is 14.6 Å². The molecule has 0 spiro atoms. The van der Waals surface area contributed by atoms with E-state index >= 15 is 0 Å². The van der Waals surface area contributed by atoms with Gasteiger partial charge in [0.15, 0.2) is 0 Å². The smallest absolute Gasteiger partial charge is 0.220 e. The van der Waals surface area contributed by atoms with Gasteiger partial charge in [0.2, 0.25) is 17.7 Å². The van der Waals surface area contributed by atoms with E-state index < -0.39 is 0 Å². The average molecular weight is 700 g/mol. The molecule has 4 aromatic rings. The number of fused-ring (bicyclic) bond motifs is 1. The summed E-state index contributed by atoms with van der Waals surface area (Å²) in [6.45, 7) is 2.02. The van der Waals surface area contributed by atoms with E-state index in [-0.39, 0.29) is 29.9 Å². The third-order valence-electron chi connectivity index (χ3n) is 9.80. The molecule has 2 aromatic carbocycles. The van der Waals surface area contributed by atoms with Crippen LogP contribution in [0.4, 0.5) is 0 Å². The maximum atomic E-state index is 11.6. The van der Waals surface area contributed by atoms with Crippen molar-refractivity contribution in [3.05, 3.63) is 87.5 Å². The van der Waals surface area contributed by atoms with E-state index in [0.717, 1.165) is 66.5 Å². The second kappa shape index (κ2) is 14.8. The van der Waals surface area contributed by atoms with E-state index in [0.29, 0.717) is 53.2 Å². The van der Waals surface area contributed by atoms with Gasteiger partial charge in [0, 0.05) is 84.6 Å². The van der Waals surface area contributed by atoms with Crippen molar-refractivity contribution in [1.29, 1.82) is 0 Å². The van der Waals surface area contributed by atoms with Gasteiger partial charge >= 0.3 is 0 Å². The number of carbonyl (C=O) groups excluding carboxylic acids is 2. The summed E-state index contributed by atoms with van der Waals surface area (Å²) in [5, 5.41) is 14.2. The Balaban J connectivity index is 1.10. The van der Waals surface area contributed by atoms with Gasteiger partial charge in [0.25, 0.3) is 0 Å². The molecule has 2 aromatic heterocycles. The first-order valence-electron chi connectivity index (χ1n) is 17.0. The Morgan fingerprint density at radius 1 is 0.857 bits per heavy atom. The average Bonchev–Trinajstić information content (AvgIpc) is 3.74. The molecule has 9 nitrogen and oxygen atoms in total. The predicted molar refractivity (Wildman–Crippen MR) is 193 cm³/mol. The maximum Gasteiger partial charge on any atom is 0.220 e. The summed E-state index contributed by atoms with van der Waals surface area (Å²) in [6, 6.07) is 18.8. The summed E-state index contributed by atoms with van der Waals surface area (Å²) >= 11 is 14.2. The van der Waals surface area contributed by atoms with E-state index in [1.807, 2.05) is 36.4 Å². The highest BCUT2D eigenvalue weighted by Crippen LogP contribution is 2.42. The van der Waals surface area contributed by atoms with Crippen LogP contribution in [0.25, 0.3) is 33.6 Å². The molecule has 1 aliphatic carbocycles. The Morgan fingerprint density at radius 3 is 2.37 bits per heavy atom. The fourth-order valence-corrected chi connectivity index (χ4v) is 7.87. The zero-order chi connectivity index (χ0) is 33.9. The van der Waals surface area contributed by atoms with Crippen molar-refractivity contribution in [1.82, 2.24) is 31.2 Å². The van der Waals surface area contributed by atoms with Crippen molar-refractivity contribution in [2.24, 2.45) is 0 Å². The highest BCUT2D eigenvalue weighted by atomic mass is 35.5. The Hall–Kier alpha value is -4.02. The molecule has 4 heterocycles. The molecule has 0 bridgehead atoms. The van der Waals surface area contributed by atoms with Gasteiger partial charge in [0.1, 0.15) is 0 Å². The Bertz CT molecular complexity index is 1880.